The maximum atomic E-state index is 14.4. The van der Waals surface area contributed by atoms with Crippen molar-refractivity contribution in [2.24, 2.45) is 0 Å². The molecule has 152 valence electrons. The summed E-state index contributed by atoms with van der Waals surface area (Å²) in [4.78, 5) is 24.1. The minimum absolute atomic E-state index is 0.123. The Kier molecular flexibility index (Phi) is 5.46. The van der Waals surface area contributed by atoms with Crippen LogP contribution in [0.1, 0.15) is 17.4 Å². The van der Waals surface area contributed by atoms with Gasteiger partial charge in [0.05, 0.1) is 12.7 Å². The number of hydrogen-bond donors (Lipinski definition) is 3. The number of aliphatic hydroxyl groups is 1. The van der Waals surface area contributed by atoms with E-state index in [-0.39, 0.29) is 5.56 Å². The van der Waals surface area contributed by atoms with Gasteiger partial charge >= 0.3 is 15.2 Å². The van der Waals surface area contributed by atoms with Crippen LogP contribution in [0.4, 0.5) is 8.78 Å². The van der Waals surface area contributed by atoms with Crippen LogP contribution >= 0.6 is 15.2 Å². The molecule has 0 radical (unpaired) electrons. The summed E-state index contributed by atoms with van der Waals surface area (Å²) in [7, 11) is -9.64. The van der Waals surface area contributed by atoms with Gasteiger partial charge in [-0.15, -0.1) is 0 Å². The fourth-order valence-electron chi connectivity index (χ4n) is 2.61. The number of nitrogens with zero attached hydrogens (tertiary/aromatic N) is 1. The third kappa shape index (κ3) is 3.40. The molecular weight excluding hydrogens is 422 g/mol. The summed E-state index contributed by atoms with van der Waals surface area (Å²) < 4.78 is 67.9. The molecule has 1 saturated heterocycles. The van der Waals surface area contributed by atoms with Gasteiger partial charge in [0, 0.05) is 18.8 Å². The van der Waals surface area contributed by atoms with Gasteiger partial charge in [-0.1, -0.05) is 6.07 Å². The van der Waals surface area contributed by atoms with E-state index in [4.69, 9.17) is 9.05 Å². The molecule has 2 atom stereocenters. The van der Waals surface area contributed by atoms with E-state index in [1.807, 2.05) is 0 Å². The fraction of sp³-hybridized carbons (Fsp3) is 0.267. The first-order valence-corrected chi connectivity index (χ1v) is 10.8. The number of benzene rings is 1. The maximum absolute atomic E-state index is 14.4. The molecule has 28 heavy (non-hydrogen) atoms. The van der Waals surface area contributed by atoms with E-state index in [0.29, 0.717) is 0 Å². The third-order valence-electron chi connectivity index (χ3n) is 4.09. The largest absolute Gasteiger partial charge is 0.494 e. The average Bonchev–Trinajstić information content (AvgIpc) is 2.60. The zero-order valence-corrected chi connectivity index (χ0v) is 16.0. The van der Waals surface area contributed by atoms with E-state index in [2.05, 4.69) is 9.72 Å². The summed E-state index contributed by atoms with van der Waals surface area (Å²) >= 11 is 0. The van der Waals surface area contributed by atoms with Crippen LogP contribution < -0.4 is 4.74 Å². The molecule has 3 rings (SSSR count). The molecule has 0 aliphatic carbocycles. The van der Waals surface area contributed by atoms with Crippen LogP contribution in [0.15, 0.2) is 36.7 Å². The molecule has 1 aromatic carbocycles. The highest BCUT2D eigenvalue weighted by Gasteiger charge is 2.67. The standard InChI is InChI=1S/C15H15F2NO8P2/c1-24-11-5-4-10(16)12(13(11)17)14-25-27(20,21)15(19,28(22,23)26-14)7-9-3-2-6-18-8-9/h2-6,8,14,19H,7H2,1H3,(H,20,21)(H,22,23). The SMILES string of the molecule is COc1ccc(F)c(C2OP(=O)(O)C(O)(Cc3cccnc3)P(=O)(O)O2)c1F. The van der Waals surface area contributed by atoms with Crippen molar-refractivity contribution in [2.75, 3.05) is 7.11 Å². The van der Waals surface area contributed by atoms with Gasteiger partial charge in [0.2, 0.25) is 6.29 Å². The Balaban J connectivity index is 2.04. The van der Waals surface area contributed by atoms with E-state index >= 15 is 0 Å². The molecule has 0 bridgehead atoms. The summed E-state index contributed by atoms with van der Waals surface area (Å²) in [5.41, 5.74) is -0.927. The smallest absolute Gasteiger partial charge is 0.374 e. The Bertz CT molecular complexity index is 964. The van der Waals surface area contributed by atoms with E-state index in [1.54, 1.807) is 0 Å². The lowest BCUT2D eigenvalue weighted by atomic mass is 10.2. The van der Waals surface area contributed by atoms with Crippen LogP contribution in [0.2, 0.25) is 0 Å². The van der Waals surface area contributed by atoms with Crippen molar-refractivity contribution in [1.82, 2.24) is 4.98 Å². The zero-order valence-electron chi connectivity index (χ0n) is 14.2. The summed E-state index contributed by atoms with van der Waals surface area (Å²) in [5.74, 6) is -3.09. The van der Waals surface area contributed by atoms with E-state index in [1.165, 1.54) is 24.5 Å². The van der Waals surface area contributed by atoms with Crippen molar-refractivity contribution >= 4 is 15.2 Å². The van der Waals surface area contributed by atoms with Crippen molar-refractivity contribution in [2.45, 2.75) is 17.8 Å². The number of hydrogen-bond acceptors (Lipinski definition) is 7. The average molecular weight is 437 g/mol. The topological polar surface area (TPSA) is 135 Å². The van der Waals surface area contributed by atoms with E-state index in [0.717, 1.165) is 19.2 Å². The van der Waals surface area contributed by atoms with Crippen molar-refractivity contribution in [1.29, 1.82) is 0 Å². The van der Waals surface area contributed by atoms with Gasteiger partial charge < -0.3 is 19.6 Å². The minimum Gasteiger partial charge on any atom is -0.494 e. The maximum Gasteiger partial charge on any atom is 0.374 e. The van der Waals surface area contributed by atoms with Crippen LogP contribution in [-0.4, -0.2) is 32.1 Å². The fourth-order valence-corrected chi connectivity index (χ4v) is 6.16. The Hall–Kier alpha value is -1.71. The Morgan fingerprint density at radius 3 is 2.39 bits per heavy atom. The molecule has 3 N–H and O–H groups in total. The minimum atomic E-state index is -5.36. The van der Waals surface area contributed by atoms with Crippen LogP contribution in [-0.2, 0) is 24.6 Å². The summed E-state index contributed by atoms with van der Waals surface area (Å²) in [6.07, 6.45) is -0.650. The predicted molar refractivity (Wildman–Crippen MR) is 90.4 cm³/mol. The lowest BCUT2D eigenvalue weighted by molar-refractivity contribution is -0.0615. The molecule has 1 aromatic heterocycles. The monoisotopic (exact) mass is 437 g/mol. The van der Waals surface area contributed by atoms with Crippen LogP contribution in [0.5, 0.6) is 5.75 Å². The van der Waals surface area contributed by atoms with Gasteiger partial charge in [-0.05, 0) is 23.8 Å². The molecule has 0 spiro atoms. The van der Waals surface area contributed by atoms with Gasteiger partial charge in [-0.2, -0.15) is 0 Å². The normalized spacial score (nSPS) is 32.9. The molecule has 0 saturated carbocycles. The first-order chi connectivity index (χ1) is 13.0. The zero-order chi connectivity index (χ0) is 20.7. The van der Waals surface area contributed by atoms with Gasteiger partial charge in [-0.25, -0.2) is 8.78 Å². The second-order valence-corrected chi connectivity index (χ2v) is 10.2. The molecule has 13 heteroatoms. The van der Waals surface area contributed by atoms with Gasteiger partial charge in [0.1, 0.15) is 5.82 Å². The van der Waals surface area contributed by atoms with Gasteiger partial charge in [-0.3, -0.25) is 23.2 Å². The molecule has 2 unspecified atom stereocenters. The van der Waals surface area contributed by atoms with Crippen molar-refractivity contribution in [3.05, 3.63) is 59.4 Å². The van der Waals surface area contributed by atoms with Crippen LogP contribution in [0, 0.1) is 11.6 Å². The number of ether oxygens (including phenoxy) is 1. The lowest BCUT2D eigenvalue weighted by Gasteiger charge is -2.41. The third-order valence-corrected chi connectivity index (χ3v) is 8.69. The Labute approximate surface area is 157 Å². The first kappa shape index (κ1) is 21.0. The quantitative estimate of drug-likeness (QED) is 0.617. The summed E-state index contributed by atoms with van der Waals surface area (Å²) in [6.45, 7) is 0. The summed E-state index contributed by atoms with van der Waals surface area (Å²) in [5, 5.41) is 7.30. The molecule has 9 nitrogen and oxygen atoms in total. The second kappa shape index (κ2) is 7.27. The number of halogens is 2. The van der Waals surface area contributed by atoms with E-state index in [9.17, 15) is 32.8 Å². The Morgan fingerprint density at radius 2 is 1.86 bits per heavy atom. The molecule has 2 heterocycles. The number of pyridine rings is 1. The highest BCUT2D eigenvalue weighted by Crippen LogP contribution is 2.79. The molecule has 1 aliphatic heterocycles. The van der Waals surface area contributed by atoms with Gasteiger partial charge in [0.25, 0.3) is 5.08 Å². The second-order valence-electron chi connectivity index (χ2n) is 5.87. The lowest BCUT2D eigenvalue weighted by Crippen LogP contribution is -2.38. The highest BCUT2D eigenvalue weighted by atomic mass is 31.2. The van der Waals surface area contributed by atoms with Crippen LogP contribution in [0.3, 0.4) is 0 Å². The molecule has 2 aromatic rings. The number of aromatic nitrogens is 1. The number of methoxy groups -OCH3 is 1. The van der Waals surface area contributed by atoms with E-state index < -0.39 is 55.9 Å². The first-order valence-electron chi connectivity index (χ1n) is 7.68. The number of rotatable bonds is 4. The predicted octanol–water partition coefficient (Wildman–Crippen LogP) is 2.67. The van der Waals surface area contributed by atoms with Crippen molar-refractivity contribution in [3.8, 4) is 5.75 Å². The molecule has 1 fully saturated rings. The van der Waals surface area contributed by atoms with Crippen molar-refractivity contribution < 1.29 is 46.6 Å². The van der Waals surface area contributed by atoms with Gasteiger partial charge in [0.15, 0.2) is 11.6 Å². The molecular formula is C15H15F2NO8P2. The van der Waals surface area contributed by atoms with Crippen LogP contribution in [0.25, 0.3) is 0 Å². The summed E-state index contributed by atoms with van der Waals surface area (Å²) in [6, 6.07) is 4.49. The van der Waals surface area contributed by atoms with Crippen molar-refractivity contribution in [3.63, 3.8) is 0 Å². The molecule has 0 amide bonds. The molecule has 1 aliphatic rings. The highest BCUT2D eigenvalue weighted by molar-refractivity contribution is 7.73. The Morgan fingerprint density at radius 1 is 1.21 bits per heavy atom.